The fourth-order valence-electron chi connectivity index (χ4n) is 2.78. The van der Waals surface area contributed by atoms with Gasteiger partial charge < -0.3 is 20.3 Å². The molecule has 7 nitrogen and oxygen atoms in total. The van der Waals surface area contributed by atoms with E-state index in [-0.39, 0.29) is 17.9 Å². The van der Waals surface area contributed by atoms with Crippen LogP contribution in [0.15, 0.2) is 34.6 Å². The molecule has 0 aliphatic carbocycles. The van der Waals surface area contributed by atoms with Gasteiger partial charge in [-0.25, -0.2) is 4.98 Å². The molecule has 1 aromatic heterocycles. The number of aliphatic imine (C=N–C) groups is 1. The molecule has 1 heterocycles. The minimum absolute atomic E-state index is 0.000393. The van der Waals surface area contributed by atoms with E-state index in [1.807, 2.05) is 57.0 Å². The van der Waals surface area contributed by atoms with Gasteiger partial charge in [0.15, 0.2) is 5.96 Å². The van der Waals surface area contributed by atoms with Gasteiger partial charge in [-0.15, -0.1) is 11.3 Å². The third-order valence-corrected chi connectivity index (χ3v) is 6.00. The van der Waals surface area contributed by atoms with E-state index in [4.69, 9.17) is 4.74 Å². The number of thiazole rings is 1. The van der Waals surface area contributed by atoms with E-state index >= 15 is 0 Å². The first-order valence-electron chi connectivity index (χ1n) is 10.2. The maximum Gasteiger partial charge on any atom is 0.227 e. The highest BCUT2D eigenvalue weighted by Crippen LogP contribution is 2.21. The summed E-state index contributed by atoms with van der Waals surface area (Å²) in [6.45, 7) is 7.19. The summed E-state index contributed by atoms with van der Waals surface area (Å²) in [6, 6.07) is 7.87. The van der Waals surface area contributed by atoms with Crippen molar-refractivity contribution >= 4 is 28.9 Å². The first kappa shape index (κ1) is 23.8. The fourth-order valence-corrected chi connectivity index (χ4v) is 3.62. The zero-order chi connectivity index (χ0) is 22.1. The SMILES string of the molecule is CCC(C)C(=O)Nc1cccc(CNC(=NC)N(C)Cc2csc(C(C)OC)n2)c1. The molecule has 0 bridgehead atoms. The predicted octanol–water partition coefficient (Wildman–Crippen LogP) is 4.04. The molecule has 2 unspecified atom stereocenters. The van der Waals surface area contributed by atoms with Gasteiger partial charge in [-0.2, -0.15) is 0 Å². The molecule has 2 aromatic rings. The minimum Gasteiger partial charge on any atom is -0.375 e. The molecule has 30 heavy (non-hydrogen) atoms. The van der Waals surface area contributed by atoms with Crippen molar-refractivity contribution < 1.29 is 9.53 Å². The number of rotatable bonds is 9. The van der Waals surface area contributed by atoms with Crippen LogP contribution in [-0.4, -0.2) is 43.0 Å². The number of benzene rings is 1. The Morgan fingerprint density at radius 3 is 2.80 bits per heavy atom. The standard InChI is InChI=1S/C22H33N5O2S/c1-7-15(2)20(28)25-18-10-8-9-17(11-18)12-24-22(23-4)27(5)13-19-14-30-21(26-19)16(3)29-6/h8-11,14-16H,7,12-13H2,1-6H3,(H,23,24)(H,25,28). The van der Waals surface area contributed by atoms with E-state index in [2.05, 4.69) is 26.0 Å². The Morgan fingerprint density at radius 1 is 1.37 bits per heavy atom. The van der Waals surface area contributed by atoms with Crippen molar-refractivity contribution in [3.8, 4) is 0 Å². The third-order valence-electron chi connectivity index (χ3n) is 4.95. The largest absolute Gasteiger partial charge is 0.375 e. The summed E-state index contributed by atoms with van der Waals surface area (Å²) in [5.41, 5.74) is 2.86. The number of hydrogen-bond donors (Lipinski definition) is 2. The molecule has 0 aliphatic heterocycles. The van der Waals surface area contributed by atoms with Gasteiger partial charge in [0.1, 0.15) is 11.1 Å². The number of ether oxygens (including phenoxy) is 1. The van der Waals surface area contributed by atoms with Crippen LogP contribution >= 0.6 is 11.3 Å². The van der Waals surface area contributed by atoms with E-state index in [1.54, 1.807) is 25.5 Å². The highest BCUT2D eigenvalue weighted by Gasteiger charge is 2.13. The lowest BCUT2D eigenvalue weighted by Crippen LogP contribution is -2.38. The summed E-state index contributed by atoms with van der Waals surface area (Å²) >= 11 is 1.61. The van der Waals surface area contributed by atoms with E-state index in [1.165, 1.54) is 0 Å². The number of nitrogens with zero attached hydrogens (tertiary/aromatic N) is 3. The summed E-state index contributed by atoms with van der Waals surface area (Å²) in [5, 5.41) is 9.38. The van der Waals surface area contributed by atoms with Crippen molar-refractivity contribution in [2.75, 3.05) is 26.5 Å². The zero-order valence-corrected chi connectivity index (χ0v) is 19.5. The molecular weight excluding hydrogens is 398 g/mol. The molecule has 0 spiro atoms. The molecule has 2 rings (SSSR count). The van der Waals surface area contributed by atoms with Crippen LogP contribution in [0.2, 0.25) is 0 Å². The number of hydrogen-bond acceptors (Lipinski definition) is 5. The normalized spacial score (nSPS) is 13.6. The van der Waals surface area contributed by atoms with Gasteiger partial charge in [0, 0.05) is 44.7 Å². The zero-order valence-electron chi connectivity index (χ0n) is 18.7. The van der Waals surface area contributed by atoms with E-state index in [9.17, 15) is 4.79 Å². The number of amides is 1. The van der Waals surface area contributed by atoms with Crippen LogP contribution in [0.25, 0.3) is 0 Å². The second-order valence-corrected chi connectivity index (χ2v) is 8.20. The van der Waals surface area contributed by atoms with Crippen LogP contribution < -0.4 is 10.6 Å². The number of nitrogens with one attached hydrogen (secondary N) is 2. The van der Waals surface area contributed by atoms with Crippen LogP contribution in [0.4, 0.5) is 5.69 Å². The smallest absolute Gasteiger partial charge is 0.227 e. The Morgan fingerprint density at radius 2 is 2.13 bits per heavy atom. The van der Waals surface area contributed by atoms with E-state index in [0.29, 0.717) is 13.1 Å². The van der Waals surface area contributed by atoms with Crippen LogP contribution in [0, 0.1) is 5.92 Å². The predicted molar refractivity (Wildman–Crippen MR) is 124 cm³/mol. The van der Waals surface area contributed by atoms with Crippen molar-refractivity contribution in [2.45, 2.75) is 46.4 Å². The van der Waals surface area contributed by atoms with Gasteiger partial charge in [-0.3, -0.25) is 9.79 Å². The van der Waals surface area contributed by atoms with Crippen LogP contribution in [0.1, 0.15) is 49.6 Å². The Hall–Kier alpha value is -2.45. The van der Waals surface area contributed by atoms with Gasteiger partial charge in [-0.1, -0.05) is 26.0 Å². The fraction of sp³-hybridized carbons (Fsp3) is 0.500. The van der Waals surface area contributed by atoms with Crippen LogP contribution in [0.5, 0.6) is 0 Å². The summed E-state index contributed by atoms with van der Waals surface area (Å²) in [7, 11) is 5.44. The molecule has 0 radical (unpaired) electrons. The monoisotopic (exact) mass is 431 g/mol. The molecule has 0 saturated carbocycles. The topological polar surface area (TPSA) is 78.9 Å². The maximum absolute atomic E-state index is 12.1. The molecule has 0 aliphatic rings. The first-order valence-corrected chi connectivity index (χ1v) is 11.0. The Kier molecular flexibility index (Phi) is 9.26. The number of guanidine groups is 1. The lowest BCUT2D eigenvalue weighted by atomic mass is 10.1. The van der Waals surface area contributed by atoms with Crippen molar-refractivity contribution in [3.63, 3.8) is 0 Å². The Balaban J connectivity index is 1.94. The molecular formula is C22H33N5O2S. The van der Waals surface area contributed by atoms with Crippen molar-refractivity contribution in [1.29, 1.82) is 0 Å². The minimum atomic E-state index is -0.00244. The highest BCUT2D eigenvalue weighted by molar-refractivity contribution is 7.09. The van der Waals surface area contributed by atoms with Gasteiger partial charge in [0.25, 0.3) is 0 Å². The summed E-state index contributed by atoms with van der Waals surface area (Å²) in [5.74, 6) is 0.819. The first-order chi connectivity index (χ1) is 14.4. The average Bonchev–Trinajstić information content (AvgIpc) is 3.21. The third kappa shape index (κ3) is 6.81. The summed E-state index contributed by atoms with van der Waals surface area (Å²) < 4.78 is 5.34. The van der Waals surface area contributed by atoms with Crippen molar-refractivity contribution in [2.24, 2.45) is 10.9 Å². The van der Waals surface area contributed by atoms with Gasteiger partial charge in [-0.05, 0) is 31.0 Å². The summed E-state index contributed by atoms with van der Waals surface area (Å²) in [4.78, 5) is 23.2. The Bertz CT molecular complexity index is 852. The van der Waals surface area contributed by atoms with Crippen LogP contribution in [0.3, 0.4) is 0 Å². The number of carbonyl (C=O) groups excluding carboxylic acids is 1. The second-order valence-electron chi connectivity index (χ2n) is 7.31. The molecule has 2 N–H and O–H groups in total. The second kappa shape index (κ2) is 11.7. The Labute approximate surface area is 183 Å². The molecule has 1 aromatic carbocycles. The molecule has 8 heteroatoms. The van der Waals surface area contributed by atoms with Gasteiger partial charge in [0.05, 0.1) is 12.2 Å². The van der Waals surface area contributed by atoms with Crippen molar-refractivity contribution in [1.82, 2.24) is 15.2 Å². The molecule has 0 saturated heterocycles. The molecule has 0 fully saturated rings. The van der Waals surface area contributed by atoms with E-state index < -0.39 is 0 Å². The van der Waals surface area contributed by atoms with Gasteiger partial charge in [0.2, 0.25) is 5.91 Å². The lowest BCUT2D eigenvalue weighted by molar-refractivity contribution is -0.119. The lowest BCUT2D eigenvalue weighted by Gasteiger charge is -2.21. The summed E-state index contributed by atoms with van der Waals surface area (Å²) in [6.07, 6.45) is 0.820. The van der Waals surface area contributed by atoms with Crippen molar-refractivity contribution in [3.05, 3.63) is 45.9 Å². The number of anilines is 1. The van der Waals surface area contributed by atoms with Crippen LogP contribution in [-0.2, 0) is 22.6 Å². The van der Waals surface area contributed by atoms with Gasteiger partial charge >= 0.3 is 0 Å². The number of methoxy groups -OCH3 is 1. The number of aromatic nitrogens is 1. The van der Waals surface area contributed by atoms with E-state index in [0.717, 1.165) is 34.3 Å². The molecule has 164 valence electrons. The highest BCUT2D eigenvalue weighted by atomic mass is 32.1. The average molecular weight is 432 g/mol. The number of carbonyl (C=O) groups is 1. The molecule has 2 atom stereocenters. The molecule has 1 amide bonds. The maximum atomic E-state index is 12.1. The quantitative estimate of drug-likeness (QED) is 0.463.